The van der Waals surface area contributed by atoms with Gasteiger partial charge in [0.1, 0.15) is 0 Å². The third-order valence-electron chi connectivity index (χ3n) is 4.15. The van der Waals surface area contributed by atoms with Crippen molar-refractivity contribution in [2.75, 3.05) is 19.8 Å². The predicted octanol–water partition coefficient (Wildman–Crippen LogP) is 3.06. The zero-order chi connectivity index (χ0) is 15.4. The van der Waals surface area contributed by atoms with Gasteiger partial charge in [0.05, 0.1) is 18.9 Å². The molecule has 1 atom stereocenters. The van der Waals surface area contributed by atoms with E-state index in [4.69, 9.17) is 9.15 Å². The first kappa shape index (κ1) is 14.9. The van der Waals surface area contributed by atoms with Crippen LogP contribution in [0.15, 0.2) is 47.1 Å². The Kier molecular flexibility index (Phi) is 4.59. The Balaban J connectivity index is 1.75. The van der Waals surface area contributed by atoms with E-state index in [0.29, 0.717) is 18.9 Å². The minimum absolute atomic E-state index is 0.0334. The van der Waals surface area contributed by atoms with E-state index in [0.717, 1.165) is 25.0 Å². The Morgan fingerprint density at radius 3 is 2.73 bits per heavy atom. The van der Waals surface area contributed by atoms with Crippen LogP contribution >= 0.6 is 0 Å². The molecule has 1 saturated heterocycles. The summed E-state index contributed by atoms with van der Waals surface area (Å²) in [6, 6.07) is 12.2. The molecule has 0 radical (unpaired) electrons. The Hall–Kier alpha value is -2.07. The zero-order valence-electron chi connectivity index (χ0n) is 12.8. The predicted molar refractivity (Wildman–Crippen MR) is 83.9 cm³/mol. The first-order chi connectivity index (χ1) is 10.8. The number of ether oxygens (including phenoxy) is 1. The van der Waals surface area contributed by atoms with E-state index in [9.17, 15) is 4.79 Å². The van der Waals surface area contributed by atoms with Crippen LogP contribution in [0.2, 0.25) is 0 Å². The van der Waals surface area contributed by atoms with Crippen molar-refractivity contribution in [3.63, 3.8) is 0 Å². The lowest BCUT2D eigenvalue weighted by molar-refractivity contribution is 0.0623. The summed E-state index contributed by atoms with van der Waals surface area (Å²) in [4.78, 5) is 14.7. The van der Waals surface area contributed by atoms with Crippen LogP contribution in [0.25, 0.3) is 0 Å². The maximum absolute atomic E-state index is 12.8. The van der Waals surface area contributed by atoms with E-state index in [2.05, 4.69) is 12.1 Å². The molecule has 0 unspecified atom stereocenters. The van der Waals surface area contributed by atoms with E-state index in [1.165, 1.54) is 5.56 Å². The Morgan fingerprint density at radius 1 is 1.27 bits per heavy atom. The number of aryl methyl sites for hydroxylation is 1. The summed E-state index contributed by atoms with van der Waals surface area (Å²) in [5.74, 6) is 0.411. The van der Waals surface area contributed by atoms with Gasteiger partial charge in [-0.05, 0) is 31.4 Å². The lowest BCUT2D eigenvalue weighted by Crippen LogP contribution is -2.42. The van der Waals surface area contributed by atoms with Gasteiger partial charge in [-0.2, -0.15) is 0 Å². The molecule has 0 spiro atoms. The first-order valence-corrected chi connectivity index (χ1v) is 7.72. The highest BCUT2D eigenvalue weighted by molar-refractivity contribution is 5.93. The van der Waals surface area contributed by atoms with Gasteiger partial charge >= 0.3 is 0 Å². The molecule has 0 aliphatic carbocycles. The number of nitrogens with zero attached hydrogens (tertiary/aromatic N) is 1. The Morgan fingerprint density at radius 2 is 2.09 bits per heavy atom. The Bertz CT molecular complexity index is 614. The van der Waals surface area contributed by atoms with Gasteiger partial charge in [-0.15, -0.1) is 0 Å². The number of carbonyl (C=O) groups excluding carboxylic acids is 1. The van der Waals surface area contributed by atoms with Gasteiger partial charge in [-0.3, -0.25) is 4.79 Å². The van der Waals surface area contributed by atoms with E-state index < -0.39 is 0 Å². The molecule has 1 aliphatic heterocycles. The summed E-state index contributed by atoms with van der Waals surface area (Å²) in [5, 5.41) is 0. The van der Waals surface area contributed by atoms with Crippen LogP contribution in [-0.2, 0) is 11.2 Å². The lowest BCUT2D eigenvalue weighted by atomic mass is 10.1. The minimum atomic E-state index is -0.0334. The van der Waals surface area contributed by atoms with Crippen molar-refractivity contribution in [1.82, 2.24) is 4.90 Å². The molecule has 0 saturated carbocycles. The highest BCUT2D eigenvalue weighted by atomic mass is 16.5. The van der Waals surface area contributed by atoms with Crippen molar-refractivity contribution in [1.29, 1.82) is 0 Å². The average molecular weight is 299 g/mol. The molecule has 1 fully saturated rings. The molecule has 4 heteroatoms. The van der Waals surface area contributed by atoms with Crippen molar-refractivity contribution in [2.24, 2.45) is 0 Å². The van der Waals surface area contributed by atoms with Gasteiger partial charge in [0.2, 0.25) is 0 Å². The van der Waals surface area contributed by atoms with E-state index >= 15 is 0 Å². The molecule has 1 aliphatic rings. The molecule has 2 aromatic rings. The molecule has 0 N–H and O–H groups in total. The second kappa shape index (κ2) is 6.79. The van der Waals surface area contributed by atoms with Crippen molar-refractivity contribution in [3.05, 3.63) is 59.5 Å². The van der Waals surface area contributed by atoms with Crippen LogP contribution in [0, 0.1) is 6.92 Å². The molecule has 3 rings (SSSR count). The van der Waals surface area contributed by atoms with E-state index in [1.54, 1.807) is 6.26 Å². The topological polar surface area (TPSA) is 42.7 Å². The van der Waals surface area contributed by atoms with Gasteiger partial charge in [-0.1, -0.05) is 30.3 Å². The van der Waals surface area contributed by atoms with Crippen molar-refractivity contribution in [3.8, 4) is 0 Å². The Labute approximate surface area is 130 Å². The third-order valence-corrected chi connectivity index (χ3v) is 4.15. The van der Waals surface area contributed by atoms with Gasteiger partial charge in [0.15, 0.2) is 5.76 Å². The zero-order valence-corrected chi connectivity index (χ0v) is 12.8. The second-order valence-electron chi connectivity index (χ2n) is 5.68. The number of benzene rings is 1. The van der Waals surface area contributed by atoms with Crippen LogP contribution in [0.5, 0.6) is 0 Å². The molecular formula is C18H21NO3. The SMILES string of the molecule is Cc1ccoc1C(=O)N(CCc1ccccc1)[C@H]1CCOC1. The van der Waals surface area contributed by atoms with Crippen LogP contribution in [0.4, 0.5) is 0 Å². The largest absolute Gasteiger partial charge is 0.459 e. The number of carbonyl (C=O) groups is 1. The summed E-state index contributed by atoms with van der Waals surface area (Å²) in [7, 11) is 0. The summed E-state index contributed by atoms with van der Waals surface area (Å²) in [5.41, 5.74) is 2.11. The number of hydrogen-bond acceptors (Lipinski definition) is 3. The monoisotopic (exact) mass is 299 g/mol. The molecular weight excluding hydrogens is 278 g/mol. The lowest BCUT2D eigenvalue weighted by Gasteiger charge is -2.27. The summed E-state index contributed by atoms with van der Waals surface area (Å²) >= 11 is 0. The average Bonchev–Trinajstić information content (AvgIpc) is 3.20. The van der Waals surface area contributed by atoms with Crippen LogP contribution in [-0.4, -0.2) is 36.6 Å². The molecule has 116 valence electrons. The first-order valence-electron chi connectivity index (χ1n) is 7.72. The summed E-state index contributed by atoms with van der Waals surface area (Å²) < 4.78 is 10.8. The van der Waals surface area contributed by atoms with Crippen molar-refractivity contribution < 1.29 is 13.9 Å². The maximum atomic E-state index is 12.8. The third kappa shape index (κ3) is 3.22. The van der Waals surface area contributed by atoms with Gasteiger partial charge in [-0.25, -0.2) is 0 Å². The summed E-state index contributed by atoms with van der Waals surface area (Å²) in [6.07, 6.45) is 3.30. The number of hydrogen-bond donors (Lipinski definition) is 0. The fourth-order valence-corrected chi connectivity index (χ4v) is 2.83. The van der Waals surface area contributed by atoms with Crippen molar-refractivity contribution >= 4 is 5.91 Å². The van der Waals surface area contributed by atoms with Crippen LogP contribution < -0.4 is 0 Å². The highest BCUT2D eigenvalue weighted by Crippen LogP contribution is 2.19. The minimum Gasteiger partial charge on any atom is -0.459 e. The molecule has 1 aromatic heterocycles. The standard InChI is InChI=1S/C18H21NO3/c1-14-8-12-22-17(14)18(20)19(16-9-11-21-13-16)10-7-15-5-3-2-4-6-15/h2-6,8,12,16H,7,9-11,13H2,1H3/t16-/m0/s1. The number of amides is 1. The molecule has 1 amide bonds. The smallest absolute Gasteiger partial charge is 0.290 e. The normalized spacial score (nSPS) is 17.6. The molecule has 1 aromatic carbocycles. The fourth-order valence-electron chi connectivity index (χ4n) is 2.83. The van der Waals surface area contributed by atoms with Gasteiger partial charge in [0, 0.05) is 18.7 Å². The maximum Gasteiger partial charge on any atom is 0.290 e. The van der Waals surface area contributed by atoms with Gasteiger partial charge < -0.3 is 14.1 Å². The van der Waals surface area contributed by atoms with Crippen LogP contribution in [0.1, 0.15) is 28.1 Å². The fraction of sp³-hybridized carbons (Fsp3) is 0.389. The van der Waals surface area contributed by atoms with Crippen LogP contribution in [0.3, 0.4) is 0 Å². The summed E-state index contributed by atoms with van der Waals surface area (Å²) in [6.45, 7) is 3.91. The number of rotatable bonds is 5. The van der Waals surface area contributed by atoms with Gasteiger partial charge in [0.25, 0.3) is 5.91 Å². The van der Waals surface area contributed by atoms with E-state index in [1.807, 2.05) is 36.1 Å². The number of furan rings is 1. The second-order valence-corrected chi connectivity index (χ2v) is 5.68. The van der Waals surface area contributed by atoms with E-state index in [-0.39, 0.29) is 11.9 Å². The molecule has 4 nitrogen and oxygen atoms in total. The highest BCUT2D eigenvalue weighted by Gasteiger charge is 2.30. The quantitative estimate of drug-likeness (QED) is 0.852. The molecule has 0 bridgehead atoms. The molecule has 2 heterocycles. The molecule has 22 heavy (non-hydrogen) atoms. The van der Waals surface area contributed by atoms with Crippen molar-refractivity contribution in [2.45, 2.75) is 25.8 Å².